The first-order valence-electron chi connectivity index (χ1n) is 11.6. The number of amides is 3. The minimum Gasteiger partial charge on any atom is -0.325 e. The minimum absolute atomic E-state index is 0.127. The molecule has 1 heterocycles. The van der Waals surface area contributed by atoms with E-state index in [-0.39, 0.29) is 22.8 Å². The molecular formula is C29H24ClN3O3S2. The van der Waals surface area contributed by atoms with Gasteiger partial charge in [-0.25, -0.2) is 0 Å². The second kappa shape index (κ2) is 13.1. The van der Waals surface area contributed by atoms with Gasteiger partial charge in [-0.05, 0) is 90.0 Å². The third-order valence-corrected chi connectivity index (χ3v) is 7.32. The van der Waals surface area contributed by atoms with Gasteiger partial charge < -0.3 is 16.0 Å². The van der Waals surface area contributed by atoms with Crippen molar-refractivity contribution in [2.45, 2.75) is 17.1 Å². The molecule has 0 aliphatic carbocycles. The van der Waals surface area contributed by atoms with Crippen molar-refractivity contribution in [3.8, 4) is 0 Å². The van der Waals surface area contributed by atoms with E-state index in [1.807, 2.05) is 41.9 Å². The van der Waals surface area contributed by atoms with E-state index in [4.69, 9.17) is 11.6 Å². The van der Waals surface area contributed by atoms with Gasteiger partial charge in [0.15, 0.2) is 0 Å². The van der Waals surface area contributed by atoms with Gasteiger partial charge in [0.05, 0.1) is 5.25 Å². The summed E-state index contributed by atoms with van der Waals surface area (Å²) in [6, 6.07) is 24.7. The van der Waals surface area contributed by atoms with E-state index >= 15 is 0 Å². The van der Waals surface area contributed by atoms with Gasteiger partial charge in [0, 0.05) is 26.9 Å². The fourth-order valence-corrected chi connectivity index (χ4v) is 5.02. The molecule has 0 spiro atoms. The normalized spacial score (nSPS) is 11.9. The van der Waals surface area contributed by atoms with Crippen molar-refractivity contribution in [1.29, 1.82) is 0 Å². The van der Waals surface area contributed by atoms with Gasteiger partial charge in [0.1, 0.15) is 5.70 Å². The third-order valence-electron chi connectivity index (χ3n) is 5.27. The zero-order valence-electron chi connectivity index (χ0n) is 20.3. The van der Waals surface area contributed by atoms with E-state index in [0.717, 1.165) is 10.5 Å². The monoisotopic (exact) mass is 561 g/mol. The van der Waals surface area contributed by atoms with Crippen LogP contribution in [0.4, 0.5) is 11.4 Å². The molecule has 192 valence electrons. The van der Waals surface area contributed by atoms with Crippen molar-refractivity contribution in [3.63, 3.8) is 0 Å². The lowest BCUT2D eigenvalue weighted by Gasteiger charge is -2.13. The molecule has 0 bridgehead atoms. The predicted octanol–water partition coefficient (Wildman–Crippen LogP) is 6.93. The summed E-state index contributed by atoms with van der Waals surface area (Å²) in [6.45, 7) is 1.82. The van der Waals surface area contributed by atoms with Gasteiger partial charge in [0.25, 0.3) is 11.8 Å². The van der Waals surface area contributed by atoms with Crippen LogP contribution in [0.25, 0.3) is 6.08 Å². The zero-order chi connectivity index (χ0) is 26.9. The molecule has 3 N–H and O–H groups in total. The lowest BCUT2D eigenvalue weighted by atomic mass is 10.2. The van der Waals surface area contributed by atoms with Gasteiger partial charge in [-0.3, -0.25) is 14.4 Å². The fourth-order valence-electron chi connectivity index (χ4n) is 3.35. The number of thioether (sulfide) groups is 1. The topological polar surface area (TPSA) is 87.3 Å². The first-order chi connectivity index (χ1) is 18.4. The van der Waals surface area contributed by atoms with Crippen LogP contribution in [0, 0.1) is 0 Å². The molecule has 0 radical (unpaired) electrons. The SMILES string of the molecule is CC(Sc1ccc(NC(=O)/C(=C/c2ccsc2)NC(=O)c2ccccc2)cc1)C(=O)Nc1cccc(Cl)c1. The van der Waals surface area contributed by atoms with E-state index in [1.165, 1.54) is 23.1 Å². The summed E-state index contributed by atoms with van der Waals surface area (Å²) in [7, 11) is 0. The highest BCUT2D eigenvalue weighted by molar-refractivity contribution is 8.00. The summed E-state index contributed by atoms with van der Waals surface area (Å²) in [4.78, 5) is 39.2. The quantitative estimate of drug-likeness (QED) is 0.153. The molecule has 4 aromatic rings. The summed E-state index contributed by atoms with van der Waals surface area (Å²) >= 11 is 8.87. The van der Waals surface area contributed by atoms with Crippen molar-refractivity contribution in [3.05, 3.63) is 118 Å². The molecular weight excluding hydrogens is 538 g/mol. The summed E-state index contributed by atoms with van der Waals surface area (Å²) in [5.74, 6) is -0.971. The van der Waals surface area contributed by atoms with Crippen LogP contribution in [0.2, 0.25) is 5.02 Å². The molecule has 0 fully saturated rings. The number of thiophene rings is 1. The van der Waals surface area contributed by atoms with Crippen LogP contribution < -0.4 is 16.0 Å². The number of carbonyl (C=O) groups is 3. The number of carbonyl (C=O) groups excluding carboxylic acids is 3. The first kappa shape index (κ1) is 27.2. The van der Waals surface area contributed by atoms with Gasteiger partial charge in [-0.1, -0.05) is 35.9 Å². The Morgan fingerprint density at radius 2 is 1.66 bits per heavy atom. The molecule has 4 rings (SSSR count). The lowest BCUT2D eigenvalue weighted by molar-refractivity contribution is -0.115. The molecule has 0 aliphatic rings. The zero-order valence-corrected chi connectivity index (χ0v) is 22.7. The molecule has 6 nitrogen and oxygen atoms in total. The second-order valence-corrected chi connectivity index (χ2v) is 10.8. The molecule has 0 saturated carbocycles. The largest absolute Gasteiger partial charge is 0.325 e. The van der Waals surface area contributed by atoms with Crippen LogP contribution in [0.3, 0.4) is 0 Å². The van der Waals surface area contributed by atoms with Crippen molar-refractivity contribution < 1.29 is 14.4 Å². The lowest BCUT2D eigenvalue weighted by Crippen LogP contribution is -2.30. The van der Waals surface area contributed by atoms with Crippen LogP contribution in [-0.2, 0) is 9.59 Å². The minimum atomic E-state index is -0.449. The maximum absolute atomic E-state index is 13.1. The average Bonchev–Trinajstić information content (AvgIpc) is 3.43. The summed E-state index contributed by atoms with van der Waals surface area (Å²) in [5.41, 5.74) is 2.58. The van der Waals surface area contributed by atoms with Crippen LogP contribution in [-0.4, -0.2) is 23.0 Å². The van der Waals surface area contributed by atoms with Crippen molar-refractivity contribution in [2.75, 3.05) is 10.6 Å². The Kier molecular flexibility index (Phi) is 9.37. The third kappa shape index (κ3) is 7.82. The first-order valence-corrected chi connectivity index (χ1v) is 13.8. The van der Waals surface area contributed by atoms with Crippen LogP contribution >= 0.6 is 34.7 Å². The Morgan fingerprint density at radius 1 is 0.895 bits per heavy atom. The maximum Gasteiger partial charge on any atom is 0.272 e. The van der Waals surface area contributed by atoms with E-state index in [1.54, 1.807) is 66.7 Å². The number of benzene rings is 3. The molecule has 0 saturated heterocycles. The van der Waals surface area contributed by atoms with Gasteiger partial charge >= 0.3 is 0 Å². The van der Waals surface area contributed by atoms with Crippen LogP contribution in [0.1, 0.15) is 22.8 Å². The number of hydrogen-bond donors (Lipinski definition) is 3. The average molecular weight is 562 g/mol. The van der Waals surface area contributed by atoms with Gasteiger partial charge in [-0.2, -0.15) is 11.3 Å². The molecule has 3 amide bonds. The van der Waals surface area contributed by atoms with Crippen molar-refractivity contribution >= 4 is 69.9 Å². The predicted molar refractivity (Wildman–Crippen MR) is 157 cm³/mol. The van der Waals surface area contributed by atoms with Gasteiger partial charge in [0.2, 0.25) is 5.91 Å². The maximum atomic E-state index is 13.1. The number of nitrogens with one attached hydrogen (secondary N) is 3. The molecule has 1 aromatic heterocycles. The summed E-state index contributed by atoms with van der Waals surface area (Å²) in [6.07, 6.45) is 1.64. The fraction of sp³-hybridized carbons (Fsp3) is 0.0690. The molecule has 1 atom stereocenters. The highest BCUT2D eigenvalue weighted by Gasteiger charge is 2.17. The molecule has 0 aliphatic heterocycles. The van der Waals surface area contributed by atoms with E-state index in [2.05, 4.69) is 16.0 Å². The van der Waals surface area contributed by atoms with Crippen LogP contribution in [0.5, 0.6) is 0 Å². The highest BCUT2D eigenvalue weighted by Crippen LogP contribution is 2.26. The standard InChI is InChI=1S/C29H24ClN3O3S2/c1-19(27(34)32-24-9-5-8-22(30)17-24)38-25-12-10-23(11-13-25)31-29(36)26(16-20-14-15-37-18-20)33-28(35)21-6-3-2-4-7-21/h2-19H,1H3,(H,31,36)(H,32,34)(H,33,35)/b26-16-. The number of anilines is 2. The Balaban J connectivity index is 1.39. The number of hydrogen-bond acceptors (Lipinski definition) is 5. The Morgan fingerprint density at radius 3 is 2.34 bits per heavy atom. The molecule has 3 aromatic carbocycles. The smallest absolute Gasteiger partial charge is 0.272 e. The second-order valence-electron chi connectivity index (χ2n) is 8.17. The van der Waals surface area contributed by atoms with Crippen molar-refractivity contribution in [1.82, 2.24) is 5.32 Å². The number of halogens is 1. The Labute approximate surface area is 234 Å². The van der Waals surface area contributed by atoms with E-state index < -0.39 is 5.91 Å². The highest BCUT2D eigenvalue weighted by atomic mass is 35.5. The summed E-state index contributed by atoms with van der Waals surface area (Å²) in [5, 5.41) is 12.4. The van der Waals surface area contributed by atoms with E-state index in [9.17, 15) is 14.4 Å². The van der Waals surface area contributed by atoms with E-state index in [0.29, 0.717) is 22.0 Å². The molecule has 38 heavy (non-hydrogen) atoms. The van der Waals surface area contributed by atoms with Crippen molar-refractivity contribution in [2.24, 2.45) is 0 Å². The van der Waals surface area contributed by atoms with Crippen LogP contribution in [0.15, 0.2) is 106 Å². The Hall–Kier alpha value is -3.85. The Bertz CT molecular complexity index is 1440. The van der Waals surface area contributed by atoms with Gasteiger partial charge in [-0.15, -0.1) is 11.8 Å². The molecule has 1 unspecified atom stereocenters. The summed E-state index contributed by atoms with van der Waals surface area (Å²) < 4.78 is 0. The number of rotatable bonds is 9. The molecule has 9 heteroatoms.